The van der Waals surface area contributed by atoms with Gasteiger partial charge < -0.3 is 10.4 Å². The van der Waals surface area contributed by atoms with Gasteiger partial charge in [-0.1, -0.05) is 45.4 Å². The maximum absolute atomic E-state index is 9.93. The van der Waals surface area contributed by atoms with Crippen LogP contribution in [0.5, 0.6) is 5.75 Å². The Morgan fingerprint density at radius 2 is 1.84 bits per heavy atom. The first kappa shape index (κ1) is 16.0. The van der Waals surface area contributed by atoms with E-state index in [2.05, 4.69) is 33.0 Å². The van der Waals surface area contributed by atoms with E-state index in [0.717, 1.165) is 18.5 Å². The zero-order valence-electron chi connectivity index (χ0n) is 12.8. The standard InChI is InChI=1S/C17H29NO/c1-5-11-18-14(4)15(6-2)12-13(3)16-9-7-8-10-17(16)19/h7-10,13-15,18-19H,5-6,11-12H2,1-4H3/t13?,14?,15-/m0/s1. The Morgan fingerprint density at radius 3 is 2.42 bits per heavy atom. The molecule has 108 valence electrons. The van der Waals surface area contributed by atoms with Crippen LogP contribution in [-0.4, -0.2) is 17.7 Å². The number of nitrogens with one attached hydrogen (secondary N) is 1. The smallest absolute Gasteiger partial charge is 0.119 e. The molecule has 3 atom stereocenters. The van der Waals surface area contributed by atoms with Crippen molar-refractivity contribution in [2.45, 2.75) is 58.9 Å². The average molecular weight is 263 g/mol. The summed E-state index contributed by atoms with van der Waals surface area (Å²) in [6.45, 7) is 10.0. The van der Waals surface area contributed by atoms with Crippen LogP contribution in [0, 0.1) is 5.92 Å². The third-order valence-corrected chi connectivity index (χ3v) is 4.07. The van der Waals surface area contributed by atoms with E-state index in [-0.39, 0.29) is 0 Å². The van der Waals surface area contributed by atoms with Crippen LogP contribution in [0.25, 0.3) is 0 Å². The van der Waals surface area contributed by atoms with Crippen LogP contribution in [0.3, 0.4) is 0 Å². The Hall–Kier alpha value is -1.02. The second-order valence-corrected chi connectivity index (χ2v) is 5.61. The Morgan fingerprint density at radius 1 is 1.16 bits per heavy atom. The fourth-order valence-electron chi connectivity index (χ4n) is 2.75. The molecular weight excluding hydrogens is 234 g/mol. The van der Waals surface area contributed by atoms with Crippen LogP contribution >= 0.6 is 0 Å². The summed E-state index contributed by atoms with van der Waals surface area (Å²) in [6, 6.07) is 8.25. The van der Waals surface area contributed by atoms with Crippen molar-refractivity contribution >= 4 is 0 Å². The quantitative estimate of drug-likeness (QED) is 0.733. The summed E-state index contributed by atoms with van der Waals surface area (Å²) < 4.78 is 0. The highest BCUT2D eigenvalue weighted by Gasteiger charge is 2.20. The van der Waals surface area contributed by atoms with E-state index in [0.29, 0.717) is 23.6 Å². The van der Waals surface area contributed by atoms with E-state index in [1.54, 1.807) is 6.07 Å². The van der Waals surface area contributed by atoms with Gasteiger partial charge in [-0.2, -0.15) is 0 Å². The molecule has 0 aliphatic carbocycles. The lowest BCUT2D eigenvalue weighted by Gasteiger charge is -2.27. The molecule has 0 saturated heterocycles. The van der Waals surface area contributed by atoms with Gasteiger partial charge in [0.2, 0.25) is 0 Å². The molecule has 2 heteroatoms. The maximum atomic E-state index is 9.93. The molecule has 0 aliphatic heterocycles. The lowest BCUT2D eigenvalue weighted by molar-refractivity contribution is 0.324. The monoisotopic (exact) mass is 263 g/mol. The third-order valence-electron chi connectivity index (χ3n) is 4.07. The van der Waals surface area contributed by atoms with Crippen molar-refractivity contribution in [3.8, 4) is 5.75 Å². The summed E-state index contributed by atoms with van der Waals surface area (Å²) in [7, 11) is 0. The Bertz CT molecular complexity index is 364. The molecule has 1 rings (SSSR count). The van der Waals surface area contributed by atoms with Crippen LogP contribution in [0.1, 0.15) is 58.4 Å². The molecule has 0 aromatic heterocycles. The SMILES string of the molecule is CCCNC(C)[C@@H](CC)CC(C)c1ccccc1O. The van der Waals surface area contributed by atoms with Gasteiger partial charge in [-0.3, -0.25) is 0 Å². The van der Waals surface area contributed by atoms with Crippen molar-refractivity contribution in [3.05, 3.63) is 29.8 Å². The van der Waals surface area contributed by atoms with Gasteiger partial charge in [0.25, 0.3) is 0 Å². The van der Waals surface area contributed by atoms with Crippen molar-refractivity contribution in [1.82, 2.24) is 5.32 Å². The van der Waals surface area contributed by atoms with E-state index in [9.17, 15) is 5.11 Å². The number of hydrogen-bond acceptors (Lipinski definition) is 2. The number of phenolic OH excluding ortho intramolecular Hbond substituents is 1. The zero-order chi connectivity index (χ0) is 14.3. The van der Waals surface area contributed by atoms with Crippen LogP contribution in [0.15, 0.2) is 24.3 Å². The van der Waals surface area contributed by atoms with Gasteiger partial charge in [0, 0.05) is 6.04 Å². The van der Waals surface area contributed by atoms with Crippen LogP contribution in [0.2, 0.25) is 0 Å². The van der Waals surface area contributed by atoms with Gasteiger partial charge in [-0.15, -0.1) is 0 Å². The lowest BCUT2D eigenvalue weighted by atomic mass is 9.84. The first-order valence-electron chi connectivity index (χ1n) is 7.61. The molecule has 0 spiro atoms. The minimum atomic E-state index is 0.400. The Labute approximate surface area is 118 Å². The van der Waals surface area contributed by atoms with E-state index < -0.39 is 0 Å². The normalized spacial score (nSPS) is 16.0. The fraction of sp³-hybridized carbons (Fsp3) is 0.647. The molecule has 2 unspecified atom stereocenters. The highest BCUT2D eigenvalue weighted by atomic mass is 16.3. The summed E-state index contributed by atoms with van der Waals surface area (Å²) in [5.41, 5.74) is 1.07. The number of benzene rings is 1. The molecule has 0 saturated carbocycles. The predicted molar refractivity (Wildman–Crippen MR) is 82.7 cm³/mol. The second kappa shape index (κ2) is 8.21. The number of para-hydroxylation sites is 1. The maximum Gasteiger partial charge on any atom is 0.119 e. The minimum Gasteiger partial charge on any atom is -0.508 e. The number of aromatic hydroxyl groups is 1. The predicted octanol–water partition coefficient (Wildman–Crippen LogP) is 4.30. The molecule has 0 amide bonds. The van der Waals surface area contributed by atoms with Gasteiger partial charge in [0.1, 0.15) is 5.75 Å². The molecule has 1 aromatic rings. The topological polar surface area (TPSA) is 32.3 Å². The largest absolute Gasteiger partial charge is 0.508 e. The number of phenols is 1. The van der Waals surface area contributed by atoms with E-state index in [1.165, 1.54) is 12.8 Å². The van der Waals surface area contributed by atoms with Gasteiger partial charge >= 0.3 is 0 Å². The van der Waals surface area contributed by atoms with Gasteiger partial charge in [0.15, 0.2) is 0 Å². The minimum absolute atomic E-state index is 0.400. The first-order valence-corrected chi connectivity index (χ1v) is 7.61. The summed E-state index contributed by atoms with van der Waals surface area (Å²) in [5, 5.41) is 13.5. The van der Waals surface area contributed by atoms with Gasteiger partial charge in [-0.25, -0.2) is 0 Å². The summed E-state index contributed by atoms with van der Waals surface area (Å²) >= 11 is 0. The average Bonchev–Trinajstić information content (AvgIpc) is 2.42. The molecule has 19 heavy (non-hydrogen) atoms. The molecule has 2 N–H and O–H groups in total. The summed E-state index contributed by atoms with van der Waals surface area (Å²) in [4.78, 5) is 0. The molecule has 0 fully saturated rings. The van der Waals surface area contributed by atoms with Gasteiger partial charge in [0.05, 0.1) is 0 Å². The molecular formula is C17H29NO. The van der Waals surface area contributed by atoms with E-state index >= 15 is 0 Å². The van der Waals surface area contributed by atoms with Gasteiger partial charge in [-0.05, 0) is 49.8 Å². The third kappa shape index (κ3) is 4.87. The molecule has 0 radical (unpaired) electrons. The van der Waals surface area contributed by atoms with E-state index in [4.69, 9.17) is 0 Å². The van der Waals surface area contributed by atoms with Crippen molar-refractivity contribution in [1.29, 1.82) is 0 Å². The Balaban J connectivity index is 2.62. The molecule has 2 nitrogen and oxygen atoms in total. The summed E-state index contributed by atoms with van der Waals surface area (Å²) in [6.07, 6.45) is 3.47. The molecule has 0 heterocycles. The van der Waals surface area contributed by atoms with Crippen molar-refractivity contribution in [3.63, 3.8) is 0 Å². The molecule has 0 aliphatic rings. The van der Waals surface area contributed by atoms with Crippen molar-refractivity contribution in [2.75, 3.05) is 6.54 Å². The van der Waals surface area contributed by atoms with Crippen LogP contribution < -0.4 is 5.32 Å². The first-order chi connectivity index (χ1) is 9.10. The van der Waals surface area contributed by atoms with Crippen LogP contribution in [0.4, 0.5) is 0 Å². The zero-order valence-corrected chi connectivity index (χ0v) is 12.8. The molecule has 0 bridgehead atoms. The second-order valence-electron chi connectivity index (χ2n) is 5.61. The van der Waals surface area contributed by atoms with E-state index in [1.807, 2.05) is 18.2 Å². The highest BCUT2D eigenvalue weighted by molar-refractivity contribution is 5.34. The Kier molecular flexibility index (Phi) is 6.93. The van der Waals surface area contributed by atoms with Crippen LogP contribution in [-0.2, 0) is 0 Å². The van der Waals surface area contributed by atoms with Crippen molar-refractivity contribution < 1.29 is 5.11 Å². The fourth-order valence-corrected chi connectivity index (χ4v) is 2.75. The number of rotatable bonds is 8. The van der Waals surface area contributed by atoms with Crippen molar-refractivity contribution in [2.24, 2.45) is 5.92 Å². The molecule has 1 aromatic carbocycles. The summed E-state index contributed by atoms with van der Waals surface area (Å²) in [5.74, 6) is 1.48. The number of hydrogen-bond donors (Lipinski definition) is 2. The highest BCUT2D eigenvalue weighted by Crippen LogP contribution is 2.31. The lowest BCUT2D eigenvalue weighted by Crippen LogP contribution is -2.34.